The third kappa shape index (κ3) is 2.78. The minimum Gasteiger partial charge on any atom is -0.493 e. The number of nitriles is 1. The van der Waals surface area contributed by atoms with Crippen molar-refractivity contribution < 1.29 is 9.47 Å². The number of hydrogen-bond donors (Lipinski definition) is 1. The summed E-state index contributed by atoms with van der Waals surface area (Å²) in [6, 6.07) is 7.30. The molecule has 0 heterocycles. The van der Waals surface area contributed by atoms with Crippen molar-refractivity contribution in [1.29, 1.82) is 5.26 Å². The maximum atomic E-state index is 8.65. The molecule has 0 bridgehead atoms. The normalized spacial score (nSPS) is 11.3. The first-order valence-corrected chi connectivity index (χ1v) is 4.59. The number of nitrogens with one attached hydrogen (secondary N) is 1. The second-order valence-electron chi connectivity index (χ2n) is 3.06. The zero-order valence-electron chi connectivity index (χ0n) is 9.07. The molecule has 4 nitrogen and oxygen atoms in total. The van der Waals surface area contributed by atoms with Crippen molar-refractivity contribution in [3.8, 4) is 17.6 Å². The molecule has 1 aromatic rings. The number of methoxy groups -OCH3 is 2. The van der Waals surface area contributed by atoms with Crippen LogP contribution in [0.3, 0.4) is 0 Å². The van der Waals surface area contributed by atoms with E-state index in [2.05, 4.69) is 11.4 Å². The molecule has 15 heavy (non-hydrogen) atoms. The van der Waals surface area contributed by atoms with Gasteiger partial charge in [0.1, 0.15) is 6.04 Å². The number of anilines is 1. The third-order valence-corrected chi connectivity index (χ3v) is 1.96. The summed E-state index contributed by atoms with van der Waals surface area (Å²) in [4.78, 5) is 0. The Kier molecular flexibility index (Phi) is 3.81. The van der Waals surface area contributed by atoms with Crippen LogP contribution in [0.25, 0.3) is 0 Å². The number of nitrogens with zero attached hydrogens (tertiary/aromatic N) is 1. The van der Waals surface area contributed by atoms with Crippen molar-refractivity contribution >= 4 is 5.69 Å². The van der Waals surface area contributed by atoms with Gasteiger partial charge in [-0.15, -0.1) is 0 Å². The molecule has 1 atom stereocenters. The molecule has 80 valence electrons. The van der Waals surface area contributed by atoms with Crippen molar-refractivity contribution in [3.05, 3.63) is 18.2 Å². The molecular weight excluding hydrogens is 192 g/mol. The van der Waals surface area contributed by atoms with Crippen LogP contribution in [0, 0.1) is 11.3 Å². The van der Waals surface area contributed by atoms with Crippen molar-refractivity contribution in [3.63, 3.8) is 0 Å². The average Bonchev–Trinajstić information content (AvgIpc) is 2.28. The summed E-state index contributed by atoms with van der Waals surface area (Å²) in [6.45, 7) is 1.79. The summed E-state index contributed by atoms with van der Waals surface area (Å²) in [7, 11) is 3.16. The Morgan fingerprint density at radius 1 is 1.27 bits per heavy atom. The fraction of sp³-hybridized carbons (Fsp3) is 0.364. The Morgan fingerprint density at radius 3 is 2.47 bits per heavy atom. The molecule has 0 aliphatic carbocycles. The predicted octanol–water partition coefficient (Wildman–Crippen LogP) is 2.03. The van der Waals surface area contributed by atoms with E-state index in [1.165, 1.54) is 0 Å². The number of hydrogen-bond acceptors (Lipinski definition) is 4. The highest BCUT2D eigenvalue weighted by molar-refractivity contribution is 5.55. The predicted molar refractivity (Wildman–Crippen MR) is 58.2 cm³/mol. The third-order valence-electron chi connectivity index (χ3n) is 1.96. The lowest BCUT2D eigenvalue weighted by Crippen LogP contribution is -2.11. The molecule has 1 unspecified atom stereocenters. The van der Waals surface area contributed by atoms with Gasteiger partial charge in [0.15, 0.2) is 11.5 Å². The smallest absolute Gasteiger partial charge is 0.162 e. The topological polar surface area (TPSA) is 54.3 Å². The Labute approximate surface area is 89.4 Å². The van der Waals surface area contributed by atoms with Crippen molar-refractivity contribution in [2.24, 2.45) is 0 Å². The Hall–Kier alpha value is -1.89. The molecule has 1 rings (SSSR count). The first-order valence-electron chi connectivity index (χ1n) is 4.59. The molecular formula is C11H14N2O2. The van der Waals surface area contributed by atoms with E-state index in [0.717, 1.165) is 5.69 Å². The zero-order valence-corrected chi connectivity index (χ0v) is 9.07. The summed E-state index contributed by atoms with van der Waals surface area (Å²) < 4.78 is 10.2. The summed E-state index contributed by atoms with van der Waals surface area (Å²) in [5.41, 5.74) is 0.835. The summed E-state index contributed by atoms with van der Waals surface area (Å²) in [5, 5.41) is 11.7. The molecule has 0 saturated heterocycles. The second kappa shape index (κ2) is 5.11. The Bertz CT molecular complexity index is 371. The largest absolute Gasteiger partial charge is 0.493 e. The fourth-order valence-corrected chi connectivity index (χ4v) is 1.21. The molecule has 0 amide bonds. The summed E-state index contributed by atoms with van der Waals surface area (Å²) >= 11 is 0. The molecule has 0 radical (unpaired) electrons. The zero-order chi connectivity index (χ0) is 11.3. The van der Waals surface area contributed by atoms with Crippen LogP contribution >= 0.6 is 0 Å². The Balaban J connectivity index is 2.89. The standard InChI is InChI=1S/C11H14N2O2/c1-8(7-12)13-9-4-5-10(14-2)11(6-9)15-3/h4-6,8,13H,1-3H3. The molecule has 1 N–H and O–H groups in total. The van der Waals surface area contributed by atoms with Gasteiger partial charge in [0, 0.05) is 11.8 Å². The lowest BCUT2D eigenvalue weighted by molar-refractivity contribution is 0.355. The van der Waals surface area contributed by atoms with Crippen molar-refractivity contribution in [2.75, 3.05) is 19.5 Å². The van der Waals surface area contributed by atoms with E-state index in [4.69, 9.17) is 14.7 Å². The molecule has 0 aliphatic heterocycles. The van der Waals surface area contributed by atoms with E-state index in [1.54, 1.807) is 33.3 Å². The summed E-state index contributed by atoms with van der Waals surface area (Å²) in [5.74, 6) is 1.32. The number of rotatable bonds is 4. The molecule has 1 aromatic carbocycles. The van der Waals surface area contributed by atoms with Gasteiger partial charge in [0.05, 0.1) is 20.3 Å². The van der Waals surface area contributed by atoms with Crippen LogP contribution in [0.1, 0.15) is 6.92 Å². The molecule has 0 aliphatic rings. The first kappa shape index (κ1) is 11.2. The van der Waals surface area contributed by atoms with E-state index >= 15 is 0 Å². The van der Waals surface area contributed by atoms with Crippen LogP contribution in [-0.2, 0) is 0 Å². The van der Waals surface area contributed by atoms with Gasteiger partial charge in [-0.25, -0.2) is 0 Å². The van der Waals surface area contributed by atoms with Gasteiger partial charge in [0.25, 0.3) is 0 Å². The van der Waals surface area contributed by atoms with Crippen LogP contribution < -0.4 is 14.8 Å². The molecule has 0 saturated carbocycles. The highest BCUT2D eigenvalue weighted by Crippen LogP contribution is 2.29. The van der Waals surface area contributed by atoms with Gasteiger partial charge < -0.3 is 14.8 Å². The molecule has 0 fully saturated rings. The number of benzene rings is 1. The monoisotopic (exact) mass is 206 g/mol. The average molecular weight is 206 g/mol. The molecule has 0 spiro atoms. The fourth-order valence-electron chi connectivity index (χ4n) is 1.21. The van der Waals surface area contributed by atoms with E-state index < -0.39 is 0 Å². The van der Waals surface area contributed by atoms with Gasteiger partial charge in [0.2, 0.25) is 0 Å². The summed E-state index contributed by atoms with van der Waals surface area (Å²) in [6.07, 6.45) is 0. The minimum absolute atomic E-state index is 0.233. The lowest BCUT2D eigenvalue weighted by atomic mass is 10.2. The van der Waals surface area contributed by atoms with Crippen LogP contribution in [0.5, 0.6) is 11.5 Å². The lowest BCUT2D eigenvalue weighted by Gasteiger charge is -2.12. The van der Waals surface area contributed by atoms with E-state index in [9.17, 15) is 0 Å². The SMILES string of the molecule is COc1ccc(NC(C)C#N)cc1OC. The van der Waals surface area contributed by atoms with Crippen molar-refractivity contribution in [1.82, 2.24) is 0 Å². The van der Waals surface area contributed by atoms with Crippen LogP contribution in [0.4, 0.5) is 5.69 Å². The Morgan fingerprint density at radius 2 is 1.93 bits per heavy atom. The first-order chi connectivity index (χ1) is 7.21. The second-order valence-corrected chi connectivity index (χ2v) is 3.06. The quantitative estimate of drug-likeness (QED) is 0.818. The van der Waals surface area contributed by atoms with Gasteiger partial charge in [-0.3, -0.25) is 0 Å². The highest BCUT2D eigenvalue weighted by atomic mass is 16.5. The van der Waals surface area contributed by atoms with Gasteiger partial charge in [-0.1, -0.05) is 0 Å². The van der Waals surface area contributed by atoms with Crippen LogP contribution in [-0.4, -0.2) is 20.3 Å². The van der Waals surface area contributed by atoms with Crippen molar-refractivity contribution in [2.45, 2.75) is 13.0 Å². The number of ether oxygens (including phenoxy) is 2. The van der Waals surface area contributed by atoms with E-state index in [-0.39, 0.29) is 6.04 Å². The van der Waals surface area contributed by atoms with E-state index in [1.807, 2.05) is 6.07 Å². The van der Waals surface area contributed by atoms with Gasteiger partial charge in [-0.2, -0.15) is 5.26 Å². The molecule has 0 aromatic heterocycles. The van der Waals surface area contributed by atoms with Crippen LogP contribution in [0.2, 0.25) is 0 Å². The van der Waals surface area contributed by atoms with Gasteiger partial charge in [-0.05, 0) is 19.1 Å². The minimum atomic E-state index is -0.233. The maximum Gasteiger partial charge on any atom is 0.162 e. The highest BCUT2D eigenvalue weighted by Gasteiger charge is 2.05. The maximum absolute atomic E-state index is 8.65. The van der Waals surface area contributed by atoms with E-state index in [0.29, 0.717) is 11.5 Å². The van der Waals surface area contributed by atoms with Gasteiger partial charge >= 0.3 is 0 Å². The molecule has 4 heteroatoms. The van der Waals surface area contributed by atoms with Crippen LogP contribution in [0.15, 0.2) is 18.2 Å².